The molecule has 0 spiro atoms. The van der Waals surface area contributed by atoms with Crippen LogP contribution in [-0.2, 0) is 0 Å². The zero-order valence-electron chi connectivity index (χ0n) is 32.0. The highest BCUT2D eigenvalue weighted by Gasteiger charge is 2.22. The zero-order chi connectivity index (χ0) is 37.0. The van der Waals surface area contributed by atoms with Crippen LogP contribution in [0.25, 0.3) is 87.2 Å². The smallest absolute Gasteiger partial charge is 0.0372 e. The maximum atomic E-state index is 2.61. The van der Waals surface area contributed by atoms with Crippen LogP contribution in [0.2, 0.25) is 0 Å². The number of rotatable bonds is 5. The van der Waals surface area contributed by atoms with Crippen molar-refractivity contribution in [1.29, 1.82) is 0 Å². The van der Waals surface area contributed by atoms with Crippen LogP contribution in [-0.4, -0.2) is 26.2 Å². The summed E-state index contributed by atoms with van der Waals surface area (Å²) in [6.07, 6.45) is 7.69. The van der Waals surface area contributed by atoms with Gasteiger partial charge in [-0.05, 0) is 162 Å². The minimum Gasteiger partial charge on any atom is -0.372 e. The van der Waals surface area contributed by atoms with E-state index >= 15 is 0 Å². The van der Waals surface area contributed by atoms with E-state index in [0.29, 0.717) is 0 Å². The Kier molecular flexibility index (Phi) is 8.23. The van der Waals surface area contributed by atoms with Crippen molar-refractivity contribution in [3.05, 3.63) is 158 Å². The summed E-state index contributed by atoms with van der Waals surface area (Å²) in [5.41, 5.74) is 10.4. The first kappa shape index (κ1) is 33.2. The minimum atomic E-state index is 1.12. The second kappa shape index (κ2) is 13.9. The highest BCUT2D eigenvalue weighted by atomic mass is 15.1. The predicted molar refractivity (Wildman–Crippen MR) is 242 cm³/mol. The minimum absolute atomic E-state index is 1.12. The largest absolute Gasteiger partial charge is 0.372 e. The molecule has 0 amide bonds. The lowest BCUT2D eigenvalue weighted by atomic mass is 9.84. The summed E-state index contributed by atoms with van der Waals surface area (Å²) < 4.78 is 0. The second-order valence-electron chi connectivity index (χ2n) is 16.1. The number of benzene rings is 9. The molecule has 0 N–H and O–H groups in total. The molecule has 0 atom stereocenters. The van der Waals surface area contributed by atoms with Crippen molar-refractivity contribution in [1.82, 2.24) is 0 Å². The van der Waals surface area contributed by atoms with Gasteiger partial charge in [0.15, 0.2) is 0 Å². The summed E-state index contributed by atoms with van der Waals surface area (Å²) in [7, 11) is 0. The average molecular weight is 723 g/mol. The van der Waals surface area contributed by atoms with Gasteiger partial charge in [0.25, 0.3) is 0 Å². The fourth-order valence-corrected chi connectivity index (χ4v) is 9.98. The number of fused-ring (bicyclic) bond motifs is 6. The molecule has 2 fully saturated rings. The van der Waals surface area contributed by atoms with Gasteiger partial charge in [0.05, 0.1) is 0 Å². The van der Waals surface area contributed by atoms with E-state index in [1.165, 1.54) is 137 Å². The zero-order valence-corrected chi connectivity index (χ0v) is 32.0. The van der Waals surface area contributed by atoms with Crippen LogP contribution < -0.4 is 9.80 Å². The summed E-state index contributed by atoms with van der Waals surface area (Å²) in [6, 6.07) is 60.1. The monoisotopic (exact) mass is 722 g/mol. The molecule has 2 aliphatic heterocycles. The van der Waals surface area contributed by atoms with Crippen LogP contribution in [0, 0.1) is 0 Å². The quantitative estimate of drug-likeness (QED) is 0.129. The topological polar surface area (TPSA) is 6.48 Å². The van der Waals surface area contributed by atoms with E-state index in [4.69, 9.17) is 0 Å². The van der Waals surface area contributed by atoms with Crippen LogP contribution in [0.5, 0.6) is 0 Å². The van der Waals surface area contributed by atoms with E-state index in [0.717, 1.165) is 26.2 Å². The van der Waals surface area contributed by atoms with Gasteiger partial charge in [-0.2, -0.15) is 0 Å². The molecular weight excluding hydrogens is 677 g/mol. The molecule has 0 saturated carbocycles. The lowest BCUT2D eigenvalue weighted by Gasteiger charge is -2.30. The van der Waals surface area contributed by atoms with Gasteiger partial charge in [-0.25, -0.2) is 0 Å². The van der Waals surface area contributed by atoms with Crippen LogP contribution in [0.1, 0.15) is 38.5 Å². The number of hydrogen-bond acceptors (Lipinski definition) is 2. The molecule has 0 radical (unpaired) electrons. The highest BCUT2D eigenvalue weighted by molar-refractivity contribution is 6.23. The van der Waals surface area contributed by atoms with E-state index in [9.17, 15) is 0 Å². The molecular formula is C54H46N2. The van der Waals surface area contributed by atoms with Crippen LogP contribution in [0.4, 0.5) is 11.4 Å². The lowest BCUT2D eigenvalue weighted by Crippen LogP contribution is -2.29. The normalized spacial score (nSPS) is 15.1. The third-order valence-corrected chi connectivity index (χ3v) is 12.8. The van der Waals surface area contributed by atoms with Crippen molar-refractivity contribution in [3.8, 4) is 33.4 Å². The third kappa shape index (κ3) is 5.70. The van der Waals surface area contributed by atoms with E-state index in [1.807, 2.05) is 0 Å². The molecule has 0 bridgehead atoms. The summed E-state index contributed by atoms with van der Waals surface area (Å²) in [5.74, 6) is 0. The number of piperidine rings is 2. The van der Waals surface area contributed by atoms with Gasteiger partial charge in [-0.1, -0.05) is 121 Å². The predicted octanol–water partition coefficient (Wildman–Crippen LogP) is 14.4. The summed E-state index contributed by atoms with van der Waals surface area (Å²) in [4.78, 5) is 5.22. The Hall–Kier alpha value is -6.12. The van der Waals surface area contributed by atoms with Crippen molar-refractivity contribution in [2.75, 3.05) is 36.0 Å². The molecule has 9 aromatic carbocycles. The van der Waals surface area contributed by atoms with Crippen molar-refractivity contribution >= 4 is 65.2 Å². The number of hydrogen-bond donors (Lipinski definition) is 0. The van der Waals surface area contributed by atoms with Crippen LogP contribution in [0.15, 0.2) is 158 Å². The molecule has 2 saturated heterocycles. The van der Waals surface area contributed by atoms with Gasteiger partial charge < -0.3 is 9.80 Å². The molecule has 0 aromatic heterocycles. The Morgan fingerprint density at radius 1 is 0.286 bits per heavy atom. The van der Waals surface area contributed by atoms with Crippen molar-refractivity contribution in [2.45, 2.75) is 38.5 Å². The fraction of sp³-hybridized carbons (Fsp3) is 0.185. The Morgan fingerprint density at radius 3 is 1.43 bits per heavy atom. The maximum absolute atomic E-state index is 2.61. The standard InChI is InChI=1S/C54H46N2/c1-9-29-55(30-10-1)43-26-28-49-51(35-43)53(39-22-20-38(21-23-39)50-34-41-15-5-6-16-45(41)46-17-7-8-18-47(46)50)48-27-25-44(56-31-11-2-12-32-56)36-52(48)54(49)42-24-19-37-13-3-4-14-40(37)33-42/h3-8,13-28,33-36H,1-2,9-12,29-32H2. The molecule has 9 aromatic rings. The lowest BCUT2D eigenvalue weighted by molar-refractivity contribution is 0.578. The van der Waals surface area contributed by atoms with E-state index in [1.54, 1.807) is 0 Å². The Labute approximate surface area is 329 Å². The number of anilines is 2. The molecule has 56 heavy (non-hydrogen) atoms. The fourth-order valence-electron chi connectivity index (χ4n) is 9.98. The van der Waals surface area contributed by atoms with Gasteiger partial charge in [0, 0.05) is 37.6 Å². The van der Waals surface area contributed by atoms with Crippen molar-refractivity contribution in [2.24, 2.45) is 0 Å². The summed E-state index contributed by atoms with van der Waals surface area (Å²) in [5, 5.41) is 13.1. The molecule has 2 heteroatoms. The molecule has 0 unspecified atom stereocenters. The molecule has 11 rings (SSSR count). The van der Waals surface area contributed by atoms with E-state index in [2.05, 4.69) is 168 Å². The van der Waals surface area contributed by atoms with E-state index < -0.39 is 0 Å². The first-order valence-corrected chi connectivity index (χ1v) is 20.8. The Bertz CT molecular complexity index is 2930. The molecule has 2 nitrogen and oxygen atoms in total. The van der Waals surface area contributed by atoms with Gasteiger partial charge >= 0.3 is 0 Å². The van der Waals surface area contributed by atoms with Gasteiger partial charge in [0.1, 0.15) is 0 Å². The summed E-state index contributed by atoms with van der Waals surface area (Å²) >= 11 is 0. The van der Waals surface area contributed by atoms with Gasteiger partial charge in [0.2, 0.25) is 0 Å². The third-order valence-electron chi connectivity index (χ3n) is 12.8. The molecule has 2 aliphatic rings. The Morgan fingerprint density at radius 2 is 0.786 bits per heavy atom. The highest BCUT2D eigenvalue weighted by Crippen LogP contribution is 2.47. The maximum Gasteiger partial charge on any atom is 0.0372 e. The first-order chi connectivity index (χ1) is 27.8. The van der Waals surface area contributed by atoms with E-state index in [-0.39, 0.29) is 0 Å². The Balaban J connectivity index is 1.16. The van der Waals surface area contributed by atoms with Crippen LogP contribution in [0.3, 0.4) is 0 Å². The van der Waals surface area contributed by atoms with Crippen molar-refractivity contribution < 1.29 is 0 Å². The molecule has 272 valence electrons. The average Bonchev–Trinajstić information content (AvgIpc) is 3.28. The number of nitrogens with zero attached hydrogens (tertiary/aromatic N) is 2. The summed E-state index contributed by atoms with van der Waals surface area (Å²) in [6.45, 7) is 4.50. The SMILES string of the molecule is c1ccc2cc(-c3c4ccc(N5CCCCC5)cc4c(-c4ccc(-c5cc6ccccc6c6ccccc56)cc4)c4ccc(N5CCCCC5)cc34)ccc2c1. The molecule has 0 aliphatic carbocycles. The van der Waals surface area contributed by atoms with Gasteiger partial charge in [-0.3, -0.25) is 0 Å². The van der Waals surface area contributed by atoms with Crippen molar-refractivity contribution in [3.63, 3.8) is 0 Å². The second-order valence-corrected chi connectivity index (χ2v) is 16.1. The first-order valence-electron chi connectivity index (χ1n) is 20.8. The molecule has 2 heterocycles. The van der Waals surface area contributed by atoms with Crippen LogP contribution >= 0.6 is 0 Å². The van der Waals surface area contributed by atoms with Gasteiger partial charge in [-0.15, -0.1) is 0 Å².